The van der Waals surface area contributed by atoms with Gasteiger partial charge in [0.1, 0.15) is 0 Å². The average Bonchev–Trinajstić information content (AvgIpc) is 2.91. The summed E-state index contributed by atoms with van der Waals surface area (Å²) >= 11 is 0. The van der Waals surface area contributed by atoms with E-state index in [0.29, 0.717) is 5.82 Å². The van der Waals surface area contributed by atoms with Gasteiger partial charge in [0.05, 0.1) is 6.04 Å². The number of hydrogen-bond acceptors (Lipinski definition) is 2. The van der Waals surface area contributed by atoms with Crippen molar-refractivity contribution < 1.29 is 4.79 Å². The number of amides is 1. The fourth-order valence-corrected chi connectivity index (χ4v) is 3.00. The Morgan fingerprint density at radius 2 is 2.20 bits per heavy atom. The summed E-state index contributed by atoms with van der Waals surface area (Å²) in [4.78, 5) is 18.6. The highest BCUT2D eigenvalue weighted by atomic mass is 16.2. The highest BCUT2D eigenvalue weighted by Crippen LogP contribution is 2.33. The molecule has 0 spiro atoms. The number of hydrogen-bond donors (Lipinski definition) is 0. The number of aryl methyl sites for hydroxylation is 2. The molecule has 1 aliphatic carbocycles. The van der Waals surface area contributed by atoms with Gasteiger partial charge < -0.3 is 9.47 Å². The maximum Gasteiger partial charge on any atom is 0.290 e. The molecular formula is C16H19N3O. The molecule has 1 atom stereocenters. The fourth-order valence-electron chi connectivity index (χ4n) is 3.00. The van der Waals surface area contributed by atoms with E-state index in [9.17, 15) is 4.79 Å². The Morgan fingerprint density at radius 1 is 1.40 bits per heavy atom. The second-order valence-corrected chi connectivity index (χ2v) is 5.38. The van der Waals surface area contributed by atoms with Gasteiger partial charge in [-0.1, -0.05) is 24.3 Å². The van der Waals surface area contributed by atoms with Crippen molar-refractivity contribution in [2.75, 3.05) is 7.05 Å². The van der Waals surface area contributed by atoms with Crippen LogP contribution < -0.4 is 0 Å². The van der Waals surface area contributed by atoms with Gasteiger partial charge in [-0.15, -0.1) is 0 Å². The van der Waals surface area contributed by atoms with Crippen molar-refractivity contribution in [3.63, 3.8) is 0 Å². The number of imidazole rings is 1. The van der Waals surface area contributed by atoms with E-state index >= 15 is 0 Å². The monoisotopic (exact) mass is 269 g/mol. The summed E-state index contributed by atoms with van der Waals surface area (Å²) in [6.45, 7) is 0. The fraction of sp³-hybridized carbons (Fsp3) is 0.375. The number of fused-ring (bicyclic) bond motifs is 1. The Bertz CT molecular complexity index is 632. The predicted octanol–water partition coefficient (Wildman–Crippen LogP) is 2.57. The van der Waals surface area contributed by atoms with Gasteiger partial charge in [-0.05, 0) is 30.4 Å². The molecule has 104 valence electrons. The van der Waals surface area contributed by atoms with Crippen LogP contribution in [0.2, 0.25) is 0 Å². The first-order valence-corrected chi connectivity index (χ1v) is 7.01. The van der Waals surface area contributed by atoms with E-state index in [2.05, 4.69) is 29.2 Å². The number of benzene rings is 1. The Morgan fingerprint density at radius 3 is 2.95 bits per heavy atom. The number of nitrogens with zero attached hydrogens (tertiary/aromatic N) is 3. The first-order chi connectivity index (χ1) is 9.68. The molecule has 1 unspecified atom stereocenters. The van der Waals surface area contributed by atoms with Crippen molar-refractivity contribution in [2.24, 2.45) is 7.05 Å². The minimum Gasteiger partial charge on any atom is -0.332 e. The van der Waals surface area contributed by atoms with Crippen molar-refractivity contribution in [1.29, 1.82) is 0 Å². The van der Waals surface area contributed by atoms with Crippen molar-refractivity contribution >= 4 is 5.91 Å². The molecule has 3 rings (SSSR count). The average molecular weight is 269 g/mol. The Balaban J connectivity index is 1.90. The zero-order chi connectivity index (χ0) is 14.1. The van der Waals surface area contributed by atoms with Crippen molar-refractivity contribution in [3.05, 3.63) is 53.6 Å². The topological polar surface area (TPSA) is 38.1 Å². The van der Waals surface area contributed by atoms with Crippen molar-refractivity contribution in [1.82, 2.24) is 14.5 Å². The number of rotatable bonds is 2. The molecule has 0 fully saturated rings. The van der Waals surface area contributed by atoms with Crippen LogP contribution >= 0.6 is 0 Å². The molecule has 4 heteroatoms. The van der Waals surface area contributed by atoms with E-state index < -0.39 is 0 Å². The second-order valence-electron chi connectivity index (χ2n) is 5.38. The van der Waals surface area contributed by atoms with E-state index in [1.165, 1.54) is 11.1 Å². The molecule has 0 N–H and O–H groups in total. The predicted molar refractivity (Wildman–Crippen MR) is 77.4 cm³/mol. The standard InChI is InChI=1S/C16H19N3O/c1-18-11-10-17-15(18)16(20)19(2)14-9-5-7-12-6-3-4-8-13(12)14/h3-4,6,8,10-11,14H,5,7,9H2,1-2H3. The summed E-state index contributed by atoms with van der Waals surface area (Å²) in [6.07, 6.45) is 6.71. The lowest BCUT2D eigenvalue weighted by Gasteiger charge is -2.33. The first kappa shape index (κ1) is 12.9. The molecule has 1 aromatic heterocycles. The molecule has 1 amide bonds. The maximum atomic E-state index is 12.6. The van der Waals surface area contributed by atoms with Crippen LogP contribution in [0.25, 0.3) is 0 Å². The van der Waals surface area contributed by atoms with Gasteiger partial charge in [0, 0.05) is 26.5 Å². The van der Waals surface area contributed by atoms with Crippen molar-refractivity contribution in [3.8, 4) is 0 Å². The molecule has 1 aliphatic rings. The van der Waals surface area contributed by atoms with Gasteiger partial charge in [0.25, 0.3) is 5.91 Å². The van der Waals surface area contributed by atoms with Gasteiger partial charge in [-0.2, -0.15) is 0 Å². The van der Waals surface area contributed by atoms with Gasteiger partial charge in [0.2, 0.25) is 0 Å². The lowest BCUT2D eigenvalue weighted by molar-refractivity contribution is 0.0699. The van der Waals surface area contributed by atoms with Crippen LogP contribution in [0.15, 0.2) is 36.7 Å². The Kier molecular flexibility index (Phi) is 3.30. The number of carbonyl (C=O) groups is 1. The summed E-state index contributed by atoms with van der Waals surface area (Å²) < 4.78 is 1.77. The molecular weight excluding hydrogens is 250 g/mol. The molecule has 0 saturated carbocycles. The lowest BCUT2D eigenvalue weighted by atomic mass is 9.87. The molecule has 0 aliphatic heterocycles. The Hall–Kier alpha value is -2.10. The molecule has 0 bridgehead atoms. The summed E-state index contributed by atoms with van der Waals surface area (Å²) in [7, 11) is 3.73. The molecule has 2 aromatic rings. The Labute approximate surface area is 119 Å². The van der Waals surface area contributed by atoms with Gasteiger partial charge in [0.15, 0.2) is 5.82 Å². The highest BCUT2D eigenvalue weighted by Gasteiger charge is 2.28. The van der Waals surface area contributed by atoms with Crippen LogP contribution in [0.3, 0.4) is 0 Å². The van der Waals surface area contributed by atoms with Crippen molar-refractivity contribution in [2.45, 2.75) is 25.3 Å². The van der Waals surface area contributed by atoms with Crippen LogP contribution in [-0.2, 0) is 13.5 Å². The normalized spacial score (nSPS) is 17.6. The maximum absolute atomic E-state index is 12.6. The SMILES string of the molecule is CN(C(=O)c1nccn1C)C1CCCc2ccccc21. The molecule has 0 radical (unpaired) electrons. The van der Waals surface area contributed by atoms with E-state index in [4.69, 9.17) is 0 Å². The number of carbonyl (C=O) groups excluding carboxylic acids is 1. The van der Waals surface area contributed by atoms with E-state index in [-0.39, 0.29) is 11.9 Å². The molecule has 20 heavy (non-hydrogen) atoms. The van der Waals surface area contributed by atoms with Gasteiger partial charge in [-0.25, -0.2) is 4.98 Å². The zero-order valence-corrected chi connectivity index (χ0v) is 11.9. The minimum absolute atomic E-state index is 0.0146. The van der Waals surface area contributed by atoms with Crippen LogP contribution in [0, 0.1) is 0 Å². The van der Waals surface area contributed by atoms with Crippen LogP contribution in [0.4, 0.5) is 0 Å². The summed E-state index contributed by atoms with van der Waals surface area (Å²) in [5, 5.41) is 0. The van der Waals surface area contributed by atoms with E-state index in [0.717, 1.165) is 19.3 Å². The summed E-state index contributed by atoms with van der Waals surface area (Å²) in [6, 6.07) is 8.59. The largest absolute Gasteiger partial charge is 0.332 e. The lowest BCUT2D eigenvalue weighted by Crippen LogP contribution is -2.34. The molecule has 0 saturated heterocycles. The third-order valence-corrected chi connectivity index (χ3v) is 4.14. The highest BCUT2D eigenvalue weighted by molar-refractivity contribution is 5.91. The van der Waals surface area contributed by atoms with Crippen LogP contribution in [0.5, 0.6) is 0 Å². The summed E-state index contributed by atoms with van der Waals surface area (Å²) in [5.41, 5.74) is 2.65. The summed E-state index contributed by atoms with van der Waals surface area (Å²) in [5.74, 6) is 0.481. The molecule has 1 aromatic carbocycles. The van der Waals surface area contributed by atoms with Gasteiger partial charge >= 0.3 is 0 Å². The molecule has 1 heterocycles. The van der Waals surface area contributed by atoms with Crippen LogP contribution in [-0.4, -0.2) is 27.4 Å². The van der Waals surface area contributed by atoms with E-state index in [1.807, 2.05) is 19.0 Å². The number of aromatic nitrogens is 2. The van der Waals surface area contributed by atoms with Gasteiger partial charge in [-0.3, -0.25) is 4.79 Å². The van der Waals surface area contributed by atoms with Crippen LogP contribution in [0.1, 0.15) is 40.6 Å². The van der Waals surface area contributed by atoms with E-state index in [1.54, 1.807) is 17.0 Å². The smallest absolute Gasteiger partial charge is 0.290 e. The third kappa shape index (κ3) is 2.11. The first-order valence-electron chi connectivity index (χ1n) is 7.01. The molecule has 4 nitrogen and oxygen atoms in total. The minimum atomic E-state index is -0.0146. The second kappa shape index (κ2) is 5.12. The zero-order valence-electron chi connectivity index (χ0n) is 11.9. The third-order valence-electron chi connectivity index (χ3n) is 4.14. The quantitative estimate of drug-likeness (QED) is 0.840.